The summed E-state index contributed by atoms with van der Waals surface area (Å²) >= 11 is 0. The number of hydrogen-bond donors (Lipinski definition) is 1. The highest BCUT2D eigenvalue weighted by Gasteiger charge is 2.41. The number of aromatic nitrogens is 2. The average Bonchev–Trinajstić information content (AvgIpc) is 2.99. The van der Waals surface area contributed by atoms with Crippen molar-refractivity contribution in [3.8, 4) is 0 Å². The van der Waals surface area contributed by atoms with E-state index in [4.69, 9.17) is 4.52 Å². The van der Waals surface area contributed by atoms with Gasteiger partial charge in [-0.25, -0.2) is 0 Å². The molecule has 1 aliphatic heterocycles. The minimum Gasteiger partial charge on any atom is -0.393 e. The third-order valence-corrected chi connectivity index (χ3v) is 4.35. The van der Waals surface area contributed by atoms with Crippen LogP contribution in [0.2, 0.25) is 0 Å². The molecular formula is C14H23N3O2. The Hall–Kier alpha value is -0.940. The van der Waals surface area contributed by atoms with Crippen molar-refractivity contribution in [1.82, 2.24) is 15.0 Å². The molecule has 0 bridgehead atoms. The molecule has 19 heavy (non-hydrogen) atoms. The van der Waals surface area contributed by atoms with E-state index < -0.39 is 0 Å². The van der Waals surface area contributed by atoms with Gasteiger partial charge in [0, 0.05) is 25.4 Å². The van der Waals surface area contributed by atoms with Gasteiger partial charge in [0.1, 0.15) is 0 Å². The summed E-state index contributed by atoms with van der Waals surface area (Å²) in [5.41, 5.74) is 0. The van der Waals surface area contributed by atoms with Gasteiger partial charge in [-0.1, -0.05) is 19.0 Å². The molecule has 0 radical (unpaired) electrons. The molecule has 1 saturated heterocycles. The second-order valence-corrected chi connectivity index (χ2v) is 6.47. The first-order valence-electron chi connectivity index (χ1n) is 7.33. The fourth-order valence-electron chi connectivity index (χ4n) is 3.44. The molecule has 1 saturated carbocycles. The van der Waals surface area contributed by atoms with Crippen molar-refractivity contribution in [1.29, 1.82) is 0 Å². The lowest BCUT2D eigenvalue weighted by atomic mass is 10.00. The largest absolute Gasteiger partial charge is 0.393 e. The molecule has 2 heterocycles. The number of aliphatic hydroxyl groups is 1. The molecule has 5 heteroatoms. The second-order valence-electron chi connectivity index (χ2n) is 6.47. The van der Waals surface area contributed by atoms with E-state index >= 15 is 0 Å². The van der Waals surface area contributed by atoms with E-state index in [0.717, 1.165) is 50.6 Å². The minimum atomic E-state index is -0.100. The van der Waals surface area contributed by atoms with Crippen molar-refractivity contribution in [3.63, 3.8) is 0 Å². The molecule has 2 fully saturated rings. The van der Waals surface area contributed by atoms with Crippen LogP contribution in [0.1, 0.15) is 38.4 Å². The fraction of sp³-hybridized carbons (Fsp3) is 0.857. The second kappa shape index (κ2) is 5.21. The molecule has 1 N–H and O–H groups in total. The smallest absolute Gasteiger partial charge is 0.226 e. The monoisotopic (exact) mass is 265 g/mol. The zero-order valence-electron chi connectivity index (χ0n) is 11.7. The van der Waals surface area contributed by atoms with Gasteiger partial charge in [0.2, 0.25) is 5.89 Å². The van der Waals surface area contributed by atoms with Crippen LogP contribution in [0.25, 0.3) is 0 Å². The highest BCUT2D eigenvalue weighted by atomic mass is 16.5. The van der Waals surface area contributed by atoms with Gasteiger partial charge in [-0.15, -0.1) is 0 Å². The molecule has 106 valence electrons. The highest BCUT2D eigenvalue weighted by molar-refractivity contribution is 4.96. The standard InChI is InChI=1S/C14H23N3O2/c1-9(2)5-14-15-13(16-19-14)8-17-6-10-3-4-12(18)11(10)7-17/h9-12,18H,3-8H2,1-2H3. The lowest BCUT2D eigenvalue weighted by molar-refractivity contribution is 0.123. The van der Waals surface area contributed by atoms with Crippen molar-refractivity contribution in [2.45, 2.75) is 45.8 Å². The van der Waals surface area contributed by atoms with Crippen LogP contribution in [0.15, 0.2) is 4.52 Å². The Morgan fingerprint density at radius 3 is 2.95 bits per heavy atom. The molecular weight excluding hydrogens is 242 g/mol. The molecule has 3 atom stereocenters. The number of nitrogens with zero attached hydrogens (tertiary/aromatic N) is 3. The number of likely N-dealkylation sites (tertiary alicyclic amines) is 1. The molecule has 3 unspecified atom stereocenters. The summed E-state index contributed by atoms with van der Waals surface area (Å²) in [5.74, 6) is 3.18. The Balaban J connectivity index is 1.56. The van der Waals surface area contributed by atoms with Gasteiger partial charge < -0.3 is 9.63 Å². The Labute approximate surface area is 114 Å². The summed E-state index contributed by atoms with van der Waals surface area (Å²) in [6, 6.07) is 0. The molecule has 1 aliphatic carbocycles. The van der Waals surface area contributed by atoms with Gasteiger partial charge in [0.25, 0.3) is 0 Å². The van der Waals surface area contributed by atoms with Crippen LogP contribution >= 0.6 is 0 Å². The SMILES string of the molecule is CC(C)Cc1nc(CN2CC3CCC(O)C3C2)no1. The van der Waals surface area contributed by atoms with Crippen molar-refractivity contribution in [2.75, 3.05) is 13.1 Å². The summed E-state index contributed by atoms with van der Waals surface area (Å²) < 4.78 is 5.26. The topological polar surface area (TPSA) is 62.4 Å². The van der Waals surface area contributed by atoms with E-state index in [1.807, 2.05) is 0 Å². The van der Waals surface area contributed by atoms with Gasteiger partial charge in [0.05, 0.1) is 12.6 Å². The van der Waals surface area contributed by atoms with E-state index in [1.54, 1.807) is 0 Å². The van der Waals surface area contributed by atoms with Crippen LogP contribution in [-0.4, -0.2) is 39.3 Å². The van der Waals surface area contributed by atoms with Crippen molar-refractivity contribution in [3.05, 3.63) is 11.7 Å². The lowest BCUT2D eigenvalue weighted by Crippen LogP contribution is -2.24. The van der Waals surface area contributed by atoms with Gasteiger partial charge in [-0.2, -0.15) is 4.98 Å². The average molecular weight is 265 g/mol. The van der Waals surface area contributed by atoms with Crippen molar-refractivity contribution in [2.24, 2.45) is 17.8 Å². The molecule has 0 aromatic carbocycles. The summed E-state index contributed by atoms with van der Waals surface area (Å²) in [6.07, 6.45) is 2.88. The Kier molecular flexibility index (Phi) is 3.58. The van der Waals surface area contributed by atoms with Crippen LogP contribution < -0.4 is 0 Å². The van der Waals surface area contributed by atoms with Crippen molar-refractivity contribution >= 4 is 0 Å². The van der Waals surface area contributed by atoms with E-state index in [-0.39, 0.29) is 6.10 Å². The van der Waals surface area contributed by atoms with Gasteiger partial charge in [-0.3, -0.25) is 4.90 Å². The summed E-state index contributed by atoms with van der Waals surface area (Å²) in [4.78, 5) is 6.79. The first kappa shape index (κ1) is 13.1. The minimum absolute atomic E-state index is 0.100. The number of hydrogen-bond acceptors (Lipinski definition) is 5. The first-order valence-corrected chi connectivity index (χ1v) is 7.33. The predicted molar refractivity (Wildman–Crippen MR) is 70.3 cm³/mol. The van der Waals surface area contributed by atoms with E-state index in [0.29, 0.717) is 17.8 Å². The number of rotatable bonds is 4. The van der Waals surface area contributed by atoms with E-state index in [2.05, 4.69) is 28.9 Å². The Morgan fingerprint density at radius 2 is 2.21 bits per heavy atom. The molecule has 1 aromatic heterocycles. The molecule has 0 spiro atoms. The van der Waals surface area contributed by atoms with Crippen LogP contribution in [0.3, 0.4) is 0 Å². The first-order chi connectivity index (χ1) is 9.11. The van der Waals surface area contributed by atoms with Crippen LogP contribution in [-0.2, 0) is 13.0 Å². The molecule has 3 rings (SSSR count). The molecule has 2 aliphatic rings. The fourth-order valence-corrected chi connectivity index (χ4v) is 3.44. The van der Waals surface area contributed by atoms with E-state index in [9.17, 15) is 5.11 Å². The Bertz CT molecular complexity index is 432. The number of fused-ring (bicyclic) bond motifs is 1. The zero-order chi connectivity index (χ0) is 13.4. The quantitative estimate of drug-likeness (QED) is 0.893. The highest BCUT2D eigenvalue weighted by Crippen LogP contribution is 2.38. The molecule has 1 aromatic rings. The molecule has 0 amide bonds. The van der Waals surface area contributed by atoms with Gasteiger partial charge in [0.15, 0.2) is 5.82 Å². The van der Waals surface area contributed by atoms with Crippen LogP contribution in [0, 0.1) is 17.8 Å². The summed E-state index contributed by atoms with van der Waals surface area (Å²) in [7, 11) is 0. The third-order valence-electron chi connectivity index (χ3n) is 4.35. The maximum atomic E-state index is 9.91. The zero-order valence-corrected chi connectivity index (χ0v) is 11.7. The lowest BCUT2D eigenvalue weighted by Gasteiger charge is -2.15. The van der Waals surface area contributed by atoms with Gasteiger partial charge in [-0.05, 0) is 24.7 Å². The maximum Gasteiger partial charge on any atom is 0.226 e. The summed E-state index contributed by atoms with van der Waals surface area (Å²) in [6.45, 7) is 7.08. The molecule has 5 nitrogen and oxygen atoms in total. The predicted octanol–water partition coefficient (Wildman–Crippen LogP) is 1.47. The van der Waals surface area contributed by atoms with Crippen LogP contribution in [0.4, 0.5) is 0 Å². The normalized spacial score (nSPS) is 31.3. The van der Waals surface area contributed by atoms with Crippen LogP contribution in [0.5, 0.6) is 0 Å². The van der Waals surface area contributed by atoms with Crippen molar-refractivity contribution < 1.29 is 9.63 Å². The summed E-state index contributed by atoms with van der Waals surface area (Å²) in [5, 5.41) is 14.0. The Morgan fingerprint density at radius 1 is 1.37 bits per heavy atom. The van der Waals surface area contributed by atoms with Gasteiger partial charge >= 0.3 is 0 Å². The van der Waals surface area contributed by atoms with E-state index in [1.165, 1.54) is 0 Å². The maximum absolute atomic E-state index is 9.91. The number of aliphatic hydroxyl groups excluding tert-OH is 1. The third kappa shape index (κ3) is 2.82.